The summed E-state index contributed by atoms with van der Waals surface area (Å²) in [5, 5.41) is 8.91. The van der Waals surface area contributed by atoms with Crippen LogP contribution < -0.4 is 0 Å². The monoisotopic (exact) mass is 216 g/mol. The summed E-state index contributed by atoms with van der Waals surface area (Å²) in [5.74, 6) is -1.66. The summed E-state index contributed by atoms with van der Waals surface area (Å²) in [6, 6.07) is 0. The molecule has 0 saturated carbocycles. The molecule has 5 heteroatoms. The van der Waals surface area contributed by atoms with Crippen molar-refractivity contribution in [2.24, 2.45) is 5.92 Å². The van der Waals surface area contributed by atoms with E-state index in [0.717, 1.165) is 0 Å². The summed E-state index contributed by atoms with van der Waals surface area (Å²) < 4.78 is 7.12. The Balaban J connectivity index is 2.19. The number of thioether (sulfide) groups is 1. The van der Waals surface area contributed by atoms with Crippen LogP contribution in [0.25, 0.3) is 0 Å². The van der Waals surface area contributed by atoms with Crippen LogP contribution in [0.4, 0.5) is 0 Å². The number of β-lactam (4-membered cyclic amide) rings is 1. The molecule has 0 aromatic carbocycles. The van der Waals surface area contributed by atoms with Crippen molar-refractivity contribution in [2.45, 2.75) is 30.4 Å². The molecule has 2 fully saturated rings. The van der Waals surface area contributed by atoms with E-state index in [1.807, 2.05) is 13.8 Å². The highest BCUT2D eigenvalue weighted by Gasteiger charge is 2.51. The van der Waals surface area contributed by atoms with Crippen LogP contribution in [-0.2, 0) is 9.59 Å². The van der Waals surface area contributed by atoms with Gasteiger partial charge in [0.25, 0.3) is 0 Å². The van der Waals surface area contributed by atoms with E-state index in [0.29, 0.717) is 0 Å². The molecule has 0 unspecified atom stereocenters. The number of carboxylic acids is 1. The second-order valence-electron chi connectivity index (χ2n) is 4.16. The molecule has 1 N–H and O–H groups in total. The van der Waals surface area contributed by atoms with Crippen molar-refractivity contribution in [1.82, 2.24) is 4.90 Å². The molecule has 2 saturated heterocycles. The third-order valence-electron chi connectivity index (χ3n) is 2.82. The highest BCUT2D eigenvalue weighted by molar-refractivity contribution is 8.01. The molecule has 2 aliphatic heterocycles. The van der Waals surface area contributed by atoms with E-state index in [4.69, 9.17) is 6.48 Å². The smallest absolute Gasteiger partial charge is 0.309 e. The van der Waals surface area contributed by atoms with Gasteiger partial charge in [-0.3, -0.25) is 9.59 Å². The van der Waals surface area contributed by atoms with E-state index in [1.165, 1.54) is 16.7 Å². The summed E-state index contributed by atoms with van der Waals surface area (Å²) in [4.78, 5) is 23.8. The first-order chi connectivity index (χ1) is 6.84. The Hall–Kier alpha value is -0.710. The van der Waals surface area contributed by atoms with Gasteiger partial charge in [0, 0.05) is 12.7 Å². The third kappa shape index (κ3) is 1.30. The van der Waals surface area contributed by atoms with Crippen LogP contribution in [0.1, 0.15) is 21.6 Å². The van der Waals surface area contributed by atoms with Crippen LogP contribution in [0, 0.1) is 5.92 Å². The van der Waals surface area contributed by atoms with Gasteiger partial charge in [-0.15, -0.1) is 11.8 Å². The van der Waals surface area contributed by atoms with Gasteiger partial charge in [0.2, 0.25) is 5.91 Å². The number of rotatable bonds is 1. The minimum atomic E-state index is -0.868. The van der Waals surface area contributed by atoms with E-state index < -0.39 is 23.0 Å². The van der Waals surface area contributed by atoms with Gasteiger partial charge in [0.1, 0.15) is 0 Å². The maximum atomic E-state index is 11.3. The number of carboxylic acid groups (broad SMARTS) is 1. The second-order valence-corrected chi connectivity index (χ2v) is 5.93. The minimum Gasteiger partial charge on any atom is -0.481 e. The van der Waals surface area contributed by atoms with E-state index in [2.05, 4.69) is 0 Å². The first-order valence-electron chi connectivity index (χ1n) is 5.05. The van der Waals surface area contributed by atoms with Crippen LogP contribution in [0.3, 0.4) is 0 Å². The molecule has 3 atom stereocenters. The molecule has 0 aromatic heterocycles. The summed E-state index contributed by atoms with van der Waals surface area (Å²) in [6.45, 7) is 3.97. The maximum absolute atomic E-state index is 11.3. The molecule has 1 amide bonds. The standard InChI is InChI=1S/C9H13NO3S/c1-9(2)5(8(12)13)4-10-6(11)3-7(10)14-9/h5,7H,3-4H2,1-2H3,(H,12,13)/t5-,7+/m0/s1/i3D/t3-,5-,7+. The van der Waals surface area contributed by atoms with Crippen molar-refractivity contribution in [3.05, 3.63) is 0 Å². The highest BCUT2D eigenvalue weighted by Crippen LogP contribution is 2.47. The highest BCUT2D eigenvalue weighted by atomic mass is 32.2. The third-order valence-corrected chi connectivity index (χ3v) is 4.34. The SMILES string of the molecule is [2H][C@H]1C(=O)N2C[C@@H](C(=O)O)C(C)(C)S[C@H]12. The van der Waals surface area contributed by atoms with Crippen molar-refractivity contribution in [1.29, 1.82) is 0 Å². The largest absolute Gasteiger partial charge is 0.481 e. The lowest BCUT2D eigenvalue weighted by atomic mass is 9.92. The number of carbonyl (C=O) groups excluding carboxylic acids is 1. The van der Waals surface area contributed by atoms with E-state index in [-0.39, 0.29) is 17.8 Å². The first kappa shape index (κ1) is 8.59. The van der Waals surface area contributed by atoms with Crippen LogP contribution in [0.15, 0.2) is 0 Å². The molecule has 0 spiro atoms. The summed E-state index contributed by atoms with van der Waals surface area (Å²) >= 11 is 1.42. The van der Waals surface area contributed by atoms with Crippen molar-refractivity contribution >= 4 is 23.6 Å². The zero-order chi connectivity index (χ0) is 11.4. The molecular weight excluding hydrogens is 202 g/mol. The molecule has 0 aliphatic carbocycles. The summed E-state index contributed by atoms with van der Waals surface area (Å²) in [7, 11) is 0. The van der Waals surface area contributed by atoms with Crippen molar-refractivity contribution in [2.75, 3.05) is 6.54 Å². The second kappa shape index (κ2) is 2.89. The van der Waals surface area contributed by atoms with Gasteiger partial charge < -0.3 is 10.0 Å². The van der Waals surface area contributed by atoms with E-state index in [1.54, 1.807) is 0 Å². The first-order valence-corrected chi connectivity index (χ1v) is 5.36. The van der Waals surface area contributed by atoms with Gasteiger partial charge in [0.05, 0.1) is 17.7 Å². The molecule has 0 radical (unpaired) electrons. The van der Waals surface area contributed by atoms with Gasteiger partial charge >= 0.3 is 5.97 Å². The van der Waals surface area contributed by atoms with Crippen LogP contribution in [-0.4, -0.2) is 38.5 Å². The lowest BCUT2D eigenvalue weighted by Gasteiger charge is -2.51. The Morgan fingerprint density at radius 2 is 2.43 bits per heavy atom. The Morgan fingerprint density at radius 3 is 3.00 bits per heavy atom. The van der Waals surface area contributed by atoms with Gasteiger partial charge in [-0.05, 0) is 13.8 Å². The Bertz CT molecular complexity index is 333. The van der Waals surface area contributed by atoms with Gasteiger partial charge in [-0.2, -0.15) is 0 Å². The molecule has 2 rings (SSSR count). The number of nitrogens with zero attached hydrogens (tertiary/aromatic N) is 1. The quantitative estimate of drug-likeness (QED) is 0.658. The van der Waals surface area contributed by atoms with Gasteiger partial charge in [0.15, 0.2) is 0 Å². The molecule has 78 valence electrons. The van der Waals surface area contributed by atoms with Crippen LogP contribution in [0.2, 0.25) is 0 Å². The predicted molar refractivity (Wildman–Crippen MR) is 52.9 cm³/mol. The molecule has 2 heterocycles. The predicted octanol–water partition coefficient (Wildman–Crippen LogP) is 0.771. The topological polar surface area (TPSA) is 57.6 Å². The molecule has 0 bridgehead atoms. The van der Waals surface area contributed by atoms with Crippen molar-refractivity contribution in [3.8, 4) is 0 Å². The summed E-state index contributed by atoms with van der Waals surface area (Å²) in [6.07, 6.45) is -0.705. The van der Waals surface area contributed by atoms with Crippen molar-refractivity contribution in [3.63, 3.8) is 0 Å². The molecule has 0 aromatic rings. The molecular formula is C9H13NO3S. The van der Waals surface area contributed by atoms with Gasteiger partial charge in [-0.25, -0.2) is 0 Å². The lowest BCUT2D eigenvalue weighted by Crippen LogP contribution is -2.61. The Kier molecular flexibility index (Phi) is 1.77. The normalized spacial score (nSPS) is 41.0. The average molecular weight is 216 g/mol. The number of aliphatic carboxylic acids is 1. The zero-order valence-corrected chi connectivity index (χ0v) is 8.87. The number of carbonyl (C=O) groups is 2. The fraction of sp³-hybridized carbons (Fsp3) is 0.778. The van der Waals surface area contributed by atoms with Crippen LogP contribution in [0.5, 0.6) is 0 Å². The molecule has 4 nitrogen and oxygen atoms in total. The van der Waals surface area contributed by atoms with Crippen LogP contribution >= 0.6 is 11.8 Å². The number of hydrogen-bond donors (Lipinski definition) is 1. The van der Waals surface area contributed by atoms with Gasteiger partial charge in [-0.1, -0.05) is 0 Å². The fourth-order valence-electron chi connectivity index (χ4n) is 1.83. The molecule has 2 aliphatic rings. The number of amides is 1. The number of fused-ring (bicyclic) bond motifs is 1. The Morgan fingerprint density at radius 1 is 1.79 bits per heavy atom. The fourth-order valence-corrected chi connectivity index (χ4v) is 3.29. The van der Waals surface area contributed by atoms with E-state index >= 15 is 0 Å². The van der Waals surface area contributed by atoms with Crippen molar-refractivity contribution < 1.29 is 16.1 Å². The molecule has 14 heavy (non-hydrogen) atoms. The van der Waals surface area contributed by atoms with E-state index in [9.17, 15) is 9.59 Å². The summed E-state index contributed by atoms with van der Waals surface area (Å²) in [5.41, 5.74) is 0. The maximum Gasteiger partial charge on any atom is 0.309 e. The minimum absolute atomic E-state index is 0.150. The Labute approximate surface area is 88.1 Å². The lowest BCUT2D eigenvalue weighted by molar-refractivity contribution is -0.150. The number of hydrogen-bond acceptors (Lipinski definition) is 3. The average Bonchev–Trinajstić information content (AvgIpc) is 2.14. The zero-order valence-electron chi connectivity index (χ0n) is 9.06.